The van der Waals surface area contributed by atoms with Crippen LogP contribution in [0.2, 0.25) is 0 Å². The standard InChI is InChI=1S/C52H25BN2O2/c1-2-13-28-27(12-1)31-17-9-11-26-23-37-50-47(43(26)31)44-32(28)18-10-20-39(44)54(50)40-25-35-30-15-5-8-22-42(30)56-51(35)45-36-24-34-29-14-4-7-21-41(29)57-52(34)46-33-16-3-6-19-38(33)55(49(36)46)53(37)48(40)45/h1-25H. The molecule has 0 amide bonds. The van der Waals surface area contributed by atoms with Gasteiger partial charge in [0.1, 0.15) is 22.3 Å². The van der Waals surface area contributed by atoms with Crippen LogP contribution in [0.3, 0.4) is 0 Å². The van der Waals surface area contributed by atoms with Gasteiger partial charge in [-0.15, -0.1) is 0 Å². The highest BCUT2D eigenvalue weighted by Crippen LogP contribution is 2.53. The van der Waals surface area contributed by atoms with Gasteiger partial charge in [0.25, 0.3) is 0 Å². The number of hydrogen-bond acceptors (Lipinski definition) is 2. The normalized spacial score (nSPS) is 13.6. The van der Waals surface area contributed by atoms with Crippen LogP contribution in [0, 0.1) is 0 Å². The first-order valence-electron chi connectivity index (χ1n) is 19.8. The van der Waals surface area contributed by atoms with Crippen LogP contribution in [0.15, 0.2) is 160 Å². The van der Waals surface area contributed by atoms with E-state index in [-0.39, 0.29) is 6.85 Å². The Kier molecular flexibility index (Phi) is 4.48. The lowest BCUT2D eigenvalue weighted by molar-refractivity contribution is 0.670. The fraction of sp³-hybridized carbons (Fsp3) is 0. The molecule has 258 valence electrons. The number of nitrogens with zero attached hydrogens (tertiary/aromatic N) is 2. The van der Waals surface area contributed by atoms with Crippen LogP contribution < -0.4 is 10.9 Å². The summed E-state index contributed by atoms with van der Waals surface area (Å²) in [5.41, 5.74) is 20.0. The topological polar surface area (TPSA) is 36.1 Å². The maximum Gasteiger partial charge on any atom is 0.333 e. The Hall–Kier alpha value is -7.50. The number of benzene rings is 9. The maximum absolute atomic E-state index is 7.07. The van der Waals surface area contributed by atoms with E-state index in [4.69, 9.17) is 8.83 Å². The van der Waals surface area contributed by atoms with Gasteiger partial charge < -0.3 is 17.9 Å². The SMILES string of the molecule is c1ccc2c(c1)-c1cccc3cc4c5c(c13)c1c-2cccc1n5-c1cc2c(oc3ccccc32)c2c1B4n1c3ccccc3c3c4oc5ccccc5c4cc-2c31. The van der Waals surface area contributed by atoms with Crippen molar-refractivity contribution in [1.82, 2.24) is 9.05 Å². The third kappa shape index (κ3) is 2.95. The maximum atomic E-state index is 7.07. The first-order valence-corrected chi connectivity index (χ1v) is 19.8. The largest absolute Gasteiger partial charge is 0.455 e. The van der Waals surface area contributed by atoms with Gasteiger partial charge in [-0.25, -0.2) is 0 Å². The van der Waals surface area contributed by atoms with Gasteiger partial charge in [-0.05, 0) is 80.4 Å². The lowest BCUT2D eigenvalue weighted by Gasteiger charge is -2.34. The van der Waals surface area contributed by atoms with Crippen LogP contribution in [0.5, 0.6) is 0 Å². The van der Waals surface area contributed by atoms with Gasteiger partial charge in [-0.1, -0.05) is 115 Å². The van der Waals surface area contributed by atoms with Crippen molar-refractivity contribution in [2.45, 2.75) is 0 Å². The molecule has 1 aliphatic carbocycles. The molecular weight excluding hydrogens is 695 g/mol. The number of fused-ring (bicyclic) bond motifs is 19. The van der Waals surface area contributed by atoms with E-state index in [1.54, 1.807) is 0 Å². The van der Waals surface area contributed by atoms with Crippen molar-refractivity contribution in [1.29, 1.82) is 0 Å². The van der Waals surface area contributed by atoms with Gasteiger partial charge in [0.15, 0.2) is 0 Å². The van der Waals surface area contributed by atoms with Crippen LogP contribution in [-0.2, 0) is 0 Å². The highest BCUT2D eigenvalue weighted by molar-refractivity contribution is 6.90. The molecule has 0 atom stereocenters. The first-order chi connectivity index (χ1) is 28.3. The van der Waals surface area contributed by atoms with E-state index in [2.05, 4.69) is 161 Å². The van der Waals surface area contributed by atoms with Crippen LogP contribution in [0.25, 0.3) is 137 Å². The zero-order valence-corrected chi connectivity index (χ0v) is 30.2. The molecule has 0 spiro atoms. The Bertz CT molecular complexity index is 4120. The van der Waals surface area contributed by atoms with Crippen LogP contribution in [-0.4, -0.2) is 15.9 Å². The predicted octanol–water partition coefficient (Wildman–Crippen LogP) is 12.4. The Morgan fingerprint density at radius 1 is 0.421 bits per heavy atom. The minimum atomic E-state index is -0.122. The van der Waals surface area contributed by atoms with E-state index in [9.17, 15) is 0 Å². The summed E-state index contributed by atoms with van der Waals surface area (Å²) in [5.74, 6) is 0. The fourth-order valence-corrected chi connectivity index (χ4v) is 11.8. The molecule has 2 aliphatic heterocycles. The molecule has 0 saturated heterocycles. The van der Waals surface area contributed by atoms with E-state index in [1.807, 2.05) is 0 Å². The summed E-state index contributed by atoms with van der Waals surface area (Å²) >= 11 is 0. The lowest BCUT2D eigenvalue weighted by Crippen LogP contribution is -2.55. The number of hydrogen-bond donors (Lipinski definition) is 0. The van der Waals surface area contributed by atoms with Crippen molar-refractivity contribution in [2.75, 3.05) is 0 Å². The van der Waals surface area contributed by atoms with E-state index in [0.29, 0.717) is 0 Å². The molecule has 0 unspecified atom stereocenters. The third-order valence-corrected chi connectivity index (χ3v) is 13.8. The molecule has 9 aromatic carbocycles. The van der Waals surface area contributed by atoms with Gasteiger partial charge in [0, 0.05) is 65.6 Å². The summed E-state index contributed by atoms with van der Waals surface area (Å²) in [7, 11) is 0. The molecule has 5 heteroatoms. The van der Waals surface area contributed by atoms with Crippen LogP contribution in [0.4, 0.5) is 0 Å². The van der Waals surface area contributed by atoms with Crippen molar-refractivity contribution in [3.05, 3.63) is 152 Å². The molecule has 0 bridgehead atoms. The van der Waals surface area contributed by atoms with Crippen LogP contribution in [0.1, 0.15) is 0 Å². The summed E-state index contributed by atoms with van der Waals surface area (Å²) in [4.78, 5) is 0. The number of rotatable bonds is 0. The summed E-state index contributed by atoms with van der Waals surface area (Å²) < 4.78 is 19.2. The van der Waals surface area contributed by atoms with Gasteiger partial charge in [-0.2, -0.15) is 0 Å². The van der Waals surface area contributed by atoms with Gasteiger partial charge in [-0.3, -0.25) is 0 Å². The molecule has 57 heavy (non-hydrogen) atoms. The average molecular weight is 721 g/mol. The molecule has 0 radical (unpaired) electrons. The predicted molar refractivity (Wildman–Crippen MR) is 236 cm³/mol. The molecular formula is C52H25BN2O2. The minimum absolute atomic E-state index is 0.122. The Morgan fingerprint density at radius 2 is 1.05 bits per heavy atom. The molecule has 4 nitrogen and oxygen atoms in total. The summed E-state index contributed by atoms with van der Waals surface area (Å²) in [6, 6.07) is 56.1. The molecule has 0 N–H and O–H groups in total. The summed E-state index contributed by atoms with van der Waals surface area (Å²) in [6.07, 6.45) is 0. The second-order valence-electron chi connectivity index (χ2n) is 16.2. The number of aromatic nitrogens is 2. The molecule has 16 rings (SSSR count). The zero-order valence-electron chi connectivity index (χ0n) is 30.2. The van der Waals surface area contributed by atoms with Crippen molar-refractivity contribution in [3.8, 4) is 39.1 Å². The lowest BCUT2D eigenvalue weighted by atomic mass is 9.45. The molecule has 13 aromatic rings. The fourth-order valence-electron chi connectivity index (χ4n) is 11.8. The van der Waals surface area contributed by atoms with Crippen LogP contribution >= 0.6 is 0 Å². The monoisotopic (exact) mass is 720 g/mol. The number of para-hydroxylation sites is 3. The van der Waals surface area contributed by atoms with Crippen molar-refractivity contribution < 1.29 is 8.83 Å². The van der Waals surface area contributed by atoms with Crippen molar-refractivity contribution in [3.63, 3.8) is 0 Å². The molecule has 0 saturated carbocycles. The molecule has 0 fully saturated rings. The minimum Gasteiger partial charge on any atom is -0.455 e. The first kappa shape index (κ1) is 28.0. The highest BCUT2D eigenvalue weighted by Gasteiger charge is 2.45. The summed E-state index contributed by atoms with van der Waals surface area (Å²) in [5, 5.41) is 12.2. The molecule has 4 aromatic heterocycles. The Labute approximate surface area is 323 Å². The molecule has 6 heterocycles. The van der Waals surface area contributed by atoms with E-state index >= 15 is 0 Å². The Morgan fingerprint density at radius 3 is 1.86 bits per heavy atom. The van der Waals surface area contributed by atoms with E-state index in [0.717, 1.165) is 49.3 Å². The van der Waals surface area contributed by atoms with E-state index in [1.165, 1.54) is 99.0 Å². The second kappa shape index (κ2) is 9.13. The van der Waals surface area contributed by atoms with E-state index < -0.39 is 0 Å². The summed E-state index contributed by atoms with van der Waals surface area (Å²) in [6.45, 7) is -0.122. The zero-order chi connectivity index (χ0) is 36.4. The Balaban J connectivity index is 1.22. The smallest absolute Gasteiger partial charge is 0.333 e. The molecule has 3 aliphatic rings. The average Bonchev–Trinajstić information content (AvgIpc) is 4.00. The second-order valence-corrected chi connectivity index (χ2v) is 16.2. The van der Waals surface area contributed by atoms with Gasteiger partial charge in [0.2, 0.25) is 0 Å². The highest BCUT2D eigenvalue weighted by atomic mass is 16.3. The third-order valence-electron chi connectivity index (χ3n) is 13.8. The van der Waals surface area contributed by atoms with Gasteiger partial charge >= 0.3 is 6.85 Å². The quantitative estimate of drug-likeness (QED) is 0.146. The number of furan rings is 2. The van der Waals surface area contributed by atoms with Gasteiger partial charge in [0.05, 0.1) is 16.4 Å². The van der Waals surface area contributed by atoms with Crippen molar-refractivity contribution in [2.24, 2.45) is 0 Å². The van der Waals surface area contributed by atoms with Crippen molar-refractivity contribution >= 4 is 116 Å².